The first kappa shape index (κ1) is 11.5. The second kappa shape index (κ2) is 5.36. The highest BCUT2D eigenvalue weighted by atomic mass is 16.3. The van der Waals surface area contributed by atoms with E-state index in [0.29, 0.717) is 13.1 Å². The van der Waals surface area contributed by atoms with E-state index in [1.807, 2.05) is 24.1 Å². The van der Waals surface area contributed by atoms with Crippen LogP contribution in [0.15, 0.2) is 24.3 Å². The first-order valence-electron chi connectivity index (χ1n) is 4.79. The van der Waals surface area contributed by atoms with Crippen LogP contribution in [0, 0.1) is 0 Å². The number of phenols is 1. The third kappa shape index (κ3) is 3.99. The summed E-state index contributed by atoms with van der Waals surface area (Å²) in [5.41, 5.74) is 1.07. The Balaban J connectivity index is 2.47. The lowest BCUT2D eigenvalue weighted by molar-refractivity contribution is -0.121. The topological polar surface area (TPSA) is 52.6 Å². The van der Waals surface area contributed by atoms with Crippen molar-refractivity contribution in [1.82, 2.24) is 10.2 Å². The van der Waals surface area contributed by atoms with Crippen molar-refractivity contribution in [3.05, 3.63) is 29.8 Å². The summed E-state index contributed by atoms with van der Waals surface area (Å²) >= 11 is 0. The summed E-state index contributed by atoms with van der Waals surface area (Å²) in [6, 6.07) is 6.97. The molecule has 0 unspecified atom stereocenters. The van der Waals surface area contributed by atoms with E-state index < -0.39 is 0 Å². The largest absolute Gasteiger partial charge is 0.508 e. The SMILES string of the molecule is CNC(=O)CN(C)Cc1ccc(O)cc1. The molecule has 1 amide bonds. The minimum absolute atomic E-state index is 0.00345. The molecule has 0 spiro atoms. The highest BCUT2D eigenvalue weighted by Gasteiger charge is 2.04. The van der Waals surface area contributed by atoms with Crippen LogP contribution in [0.4, 0.5) is 0 Å². The number of nitrogens with one attached hydrogen (secondary N) is 1. The van der Waals surface area contributed by atoms with E-state index in [2.05, 4.69) is 5.32 Å². The van der Waals surface area contributed by atoms with Gasteiger partial charge in [0.15, 0.2) is 0 Å². The van der Waals surface area contributed by atoms with Crippen molar-refractivity contribution in [2.75, 3.05) is 20.6 Å². The first-order chi connectivity index (χ1) is 7.11. The maximum absolute atomic E-state index is 11.1. The third-order valence-corrected chi connectivity index (χ3v) is 2.08. The number of likely N-dealkylation sites (N-methyl/N-ethyl adjacent to an activating group) is 2. The minimum Gasteiger partial charge on any atom is -0.508 e. The zero-order valence-electron chi connectivity index (χ0n) is 9.03. The average Bonchev–Trinajstić information content (AvgIpc) is 2.21. The molecule has 1 rings (SSSR count). The monoisotopic (exact) mass is 208 g/mol. The van der Waals surface area contributed by atoms with Crippen LogP contribution in [-0.2, 0) is 11.3 Å². The summed E-state index contributed by atoms with van der Waals surface area (Å²) in [5.74, 6) is 0.254. The lowest BCUT2D eigenvalue weighted by Gasteiger charge is -2.15. The number of aromatic hydroxyl groups is 1. The predicted octanol–water partition coefficient (Wildman–Crippen LogP) is 0.570. The molecule has 0 aliphatic rings. The molecule has 0 saturated heterocycles. The number of nitrogens with zero attached hydrogens (tertiary/aromatic N) is 1. The number of carbonyl (C=O) groups excluding carboxylic acids is 1. The summed E-state index contributed by atoms with van der Waals surface area (Å²) < 4.78 is 0. The van der Waals surface area contributed by atoms with E-state index in [-0.39, 0.29) is 11.7 Å². The molecule has 0 fully saturated rings. The molecule has 0 aliphatic carbocycles. The Morgan fingerprint density at radius 3 is 2.53 bits per heavy atom. The fourth-order valence-corrected chi connectivity index (χ4v) is 1.29. The molecule has 15 heavy (non-hydrogen) atoms. The van der Waals surface area contributed by atoms with Gasteiger partial charge in [0.25, 0.3) is 0 Å². The minimum atomic E-state index is -0.00345. The Morgan fingerprint density at radius 2 is 2.00 bits per heavy atom. The van der Waals surface area contributed by atoms with Crippen molar-refractivity contribution >= 4 is 5.91 Å². The normalized spacial score (nSPS) is 10.3. The van der Waals surface area contributed by atoms with E-state index >= 15 is 0 Å². The molecular formula is C11H16N2O2. The molecule has 82 valence electrons. The van der Waals surface area contributed by atoms with Gasteiger partial charge in [0.1, 0.15) is 5.75 Å². The molecule has 0 heterocycles. The maximum Gasteiger partial charge on any atom is 0.233 e. The van der Waals surface area contributed by atoms with Crippen LogP contribution in [0.3, 0.4) is 0 Å². The fraction of sp³-hybridized carbons (Fsp3) is 0.364. The standard InChI is InChI=1S/C11H16N2O2/c1-12-11(15)8-13(2)7-9-3-5-10(14)6-4-9/h3-6,14H,7-8H2,1-2H3,(H,12,15). The van der Waals surface area contributed by atoms with Gasteiger partial charge < -0.3 is 10.4 Å². The number of rotatable bonds is 4. The fourth-order valence-electron chi connectivity index (χ4n) is 1.29. The predicted molar refractivity (Wildman–Crippen MR) is 58.5 cm³/mol. The Kier molecular flexibility index (Phi) is 4.12. The van der Waals surface area contributed by atoms with Crippen molar-refractivity contribution in [2.24, 2.45) is 0 Å². The van der Waals surface area contributed by atoms with Crippen LogP contribution in [0.1, 0.15) is 5.56 Å². The van der Waals surface area contributed by atoms with Crippen molar-refractivity contribution in [2.45, 2.75) is 6.54 Å². The first-order valence-corrected chi connectivity index (χ1v) is 4.79. The van der Waals surface area contributed by atoms with Crippen molar-refractivity contribution in [3.8, 4) is 5.75 Å². The van der Waals surface area contributed by atoms with E-state index in [9.17, 15) is 4.79 Å². The summed E-state index contributed by atoms with van der Waals surface area (Å²) in [4.78, 5) is 13.0. The summed E-state index contributed by atoms with van der Waals surface area (Å²) in [5, 5.41) is 11.7. The van der Waals surface area contributed by atoms with E-state index in [1.165, 1.54) is 0 Å². The Bertz CT molecular complexity index is 322. The van der Waals surface area contributed by atoms with Crippen LogP contribution in [0.5, 0.6) is 5.75 Å². The van der Waals surface area contributed by atoms with Crippen LogP contribution < -0.4 is 5.32 Å². The van der Waals surface area contributed by atoms with Crippen LogP contribution in [-0.4, -0.2) is 36.6 Å². The molecule has 4 nitrogen and oxygen atoms in total. The highest BCUT2D eigenvalue weighted by molar-refractivity contribution is 5.77. The van der Waals surface area contributed by atoms with E-state index in [1.54, 1.807) is 19.2 Å². The van der Waals surface area contributed by atoms with Crippen molar-refractivity contribution in [1.29, 1.82) is 0 Å². The zero-order valence-corrected chi connectivity index (χ0v) is 9.03. The zero-order chi connectivity index (χ0) is 11.3. The van der Waals surface area contributed by atoms with Gasteiger partial charge in [0, 0.05) is 13.6 Å². The molecule has 4 heteroatoms. The quantitative estimate of drug-likeness (QED) is 0.760. The van der Waals surface area contributed by atoms with Gasteiger partial charge in [0.2, 0.25) is 5.91 Å². The number of phenolic OH excluding ortho intramolecular Hbond substituents is 1. The Hall–Kier alpha value is -1.55. The Labute approximate surface area is 89.5 Å². The molecule has 0 atom stereocenters. The van der Waals surface area contributed by atoms with Gasteiger partial charge in [-0.05, 0) is 24.7 Å². The van der Waals surface area contributed by atoms with E-state index in [4.69, 9.17) is 5.11 Å². The van der Waals surface area contributed by atoms with Crippen molar-refractivity contribution in [3.63, 3.8) is 0 Å². The van der Waals surface area contributed by atoms with Crippen molar-refractivity contribution < 1.29 is 9.90 Å². The number of hydrogen-bond acceptors (Lipinski definition) is 3. The van der Waals surface area contributed by atoms with Gasteiger partial charge in [-0.1, -0.05) is 12.1 Å². The van der Waals surface area contributed by atoms with Crippen LogP contribution in [0.2, 0.25) is 0 Å². The number of amides is 1. The molecule has 2 N–H and O–H groups in total. The van der Waals surface area contributed by atoms with Gasteiger partial charge in [-0.25, -0.2) is 0 Å². The smallest absolute Gasteiger partial charge is 0.233 e. The summed E-state index contributed by atoms with van der Waals surface area (Å²) in [6.45, 7) is 1.06. The molecule has 1 aromatic carbocycles. The summed E-state index contributed by atoms with van der Waals surface area (Å²) in [7, 11) is 3.50. The molecule has 1 aromatic rings. The molecule has 0 radical (unpaired) electrons. The van der Waals surface area contributed by atoms with Gasteiger partial charge in [-0.15, -0.1) is 0 Å². The molecule has 0 bridgehead atoms. The average molecular weight is 208 g/mol. The van der Waals surface area contributed by atoms with Gasteiger partial charge in [-0.2, -0.15) is 0 Å². The molecule has 0 saturated carbocycles. The van der Waals surface area contributed by atoms with Crippen LogP contribution in [0.25, 0.3) is 0 Å². The lowest BCUT2D eigenvalue weighted by Crippen LogP contribution is -2.32. The molecular weight excluding hydrogens is 192 g/mol. The second-order valence-corrected chi connectivity index (χ2v) is 3.51. The molecule has 0 aromatic heterocycles. The Morgan fingerprint density at radius 1 is 1.40 bits per heavy atom. The van der Waals surface area contributed by atoms with Gasteiger partial charge in [0.05, 0.1) is 6.54 Å². The lowest BCUT2D eigenvalue weighted by atomic mass is 10.2. The second-order valence-electron chi connectivity index (χ2n) is 3.51. The van der Waals surface area contributed by atoms with E-state index in [0.717, 1.165) is 5.56 Å². The van der Waals surface area contributed by atoms with Gasteiger partial charge >= 0.3 is 0 Å². The number of hydrogen-bond donors (Lipinski definition) is 2. The highest BCUT2D eigenvalue weighted by Crippen LogP contribution is 2.10. The third-order valence-electron chi connectivity index (χ3n) is 2.08. The van der Waals surface area contributed by atoms with Gasteiger partial charge in [-0.3, -0.25) is 9.69 Å². The van der Waals surface area contributed by atoms with Crippen LogP contribution >= 0.6 is 0 Å². The molecule has 0 aliphatic heterocycles. The maximum atomic E-state index is 11.1. The number of carbonyl (C=O) groups is 1. The summed E-state index contributed by atoms with van der Waals surface area (Å²) in [6.07, 6.45) is 0. The number of benzene rings is 1.